The van der Waals surface area contributed by atoms with E-state index in [-0.39, 0.29) is 17.2 Å². The average molecular weight is 395 g/mol. The average Bonchev–Trinajstić information content (AvgIpc) is 3.10. The van der Waals surface area contributed by atoms with Crippen molar-refractivity contribution in [1.82, 2.24) is 25.1 Å². The Bertz CT molecular complexity index is 1010. The maximum absolute atomic E-state index is 12.6. The van der Waals surface area contributed by atoms with E-state index in [9.17, 15) is 9.90 Å². The summed E-state index contributed by atoms with van der Waals surface area (Å²) in [5.41, 5.74) is 2.04. The standard InChI is InChI=1S/C21H25N5O3/c1-12(2)14-6-8-15(9-7-14)19-24-20(26(4)25-19)13(3)23-21(28)17-18(27)16(29-5)10-11-22-17/h6-13,27H,1-5H3,(H,23,28)/t13-/m0/s1. The molecular formula is C21H25N5O3. The summed E-state index contributed by atoms with van der Waals surface area (Å²) in [5, 5.41) is 17.4. The molecule has 2 heterocycles. The largest absolute Gasteiger partial charge is 0.503 e. The van der Waals surface area contributed by atoms with E-state index >= 15 is 0 Å². The van der Waals surface area contributed by atoms with Gasteiger partial charge in [-0.2, -0.15) is 5.10 Å². The molecule has 0 aliphatic carbocycles. The highest BCUT2D eigenvalue weighted by atomic mass is 16.5. The monoisotopic (exact) mass is 395 g/mol. The van der Waals surface area contributed by atoms with Crippen LogP contribution in [0.5, 0.6) is 11.5 Å². The van der Waals surface area contributed by atoms with Crippen LogP contribution in [0.4, 0.5) is 0 Å². The fourth-order valence-electron chi connectivity index (χ4n) is 3.01. The third-order valence-electron chi connectivity index (χ3n) is 4.69. The molecule has 1 amide bonds. The van der Waals surface area contributed by atoms with Crippen molar-refractivity contribution >= 4 is 5.91 Å². The van der Waals surface area contributed by atoms with Crippen molar-refractivity contribution < 1.29 is 14.6 Å². The molecule has 3 rings (SSSR count). The van der Waals surface area contributed by atoms with Gasteiger partial charge in [0.1, 0.15) is 5.82 Å². The van der Waals surface area contributed by atoms with Gasteiger partial charge in [0.2, 0.25) is 0 Å². The van der Waals surface area contributed by atoms with E-state index in [0.717, 1.165) is 5.56 Å². The molecule has 0 unspecified atom stereocenters. The summed E-state index contributed by atoms with van der Waals surface area (Å²) < 4.78 is 6.66. The number of aromatic hydroxyl groups is 1. The molecule has 0 aliphatic heterocycles. The van der Waals surface area contributed by atoms with Gasteiger partial charge in [-0.1, -0.05) is 38.1 Å². The molecule has 0 fully saturated rings. The predicted octanol–water partition coefficient (Wildman–Crippen LogP) is 3.21. The summed E-state index contributed by atoms with van der Waals surface area (Å²) in [7, 11) is 3.19. The van der Waals surface area contributed by atoms with Gasteiger partial charge in [0.15, 0.2) is 23.0 Å². The van der Waals surface area contributed by atoms with Crippen molar-refractivity contribution in [1.29, 1.82) is 0 Å². The highest BCUT2D eigenvalue weighted by molar-refractivity contribution is 5.95. The number of aryl methyl sites for hydroxylation is 1. The lowest BCUT2D eigenvalue weighted by Crippen LogP contribution is -2.29. The molecule has 0 saturated heterocycles. The van der Waals surface area contributed by atoms with Gasteiger partial charge in [0.05, 0.1) is 13.2 Å². The van der Waals surface area contributed by atoms with Crippen LogP contribution in [0.15, 0.2) is 36.5 Å². The van der Waals surface area contributed by atoms with Crippen LogP contribution < -0.4 is 10.1 Å². The van der Waals surface area contributed by atoms with Crippen molar-refractivity contribution in [2.45, 2.75) is 32.7 Å². The molecule has 152 valence electrons. The number of hydrogen-bond acceptors (Lipinski definition) is 6. The van der Waals surface area contributed by atoms with E-state index in [0.29, 0.717) is 17.6 Å². The minimum absolute atomic E-state index is 0.108. The van der Waals surface area contributed by atoms with Crippen molar-refractivity contribution in [2.24, 2.45) is 7.05 Å². The molecule has 8 nitrogen and oxygen atoms in total. The fourth-order valence-corrected chi connectivity index (χ4v) is 3.01. The third-order valence-corrected chi connectivity index (χ3v) is 4.69. The van der Waals surface area contributed by atoms with E-state index in [1.807, 2.05) is 12.1 Å². The summed E-state index contributed by atoms with van der Waals surface area (Å²) in [6.45, 7) is 6.09. The van der Waals surface area contributed by atoms with Gasteiger partial charge in [0, 0.05) is 24.9 Å². The van der Waals surface area contributed by atoms with Gasteiger partial charge in [-0.25, -0.2) is 9.97 Å². The second-order valence-corrected chi connectivity index (χ2v) is 7.10. The fraction of sp³-hybridized carbons (Fsp3) is 0.333. The Hall–Kier alpha value is -3.42. The zero-order valence-corrected chi connectivity index (χ0v) is 17.2. The van der Waals surface area contributed by atoms with Crippen molar-refractivity contribution in [3.63, 3.8) is 0 Å². The number of amides is 1. The highest BCUT2D eigenvalue weighted by Gasteiger charge is 2.22. The van der Waals surface area contributed by atoms with Gasteiger partial charge in [0.25, 0.3) is 5.91 Å². The second-order valence-electron chi connectivity index (χ2n) is 7.10. The Morgan fingerprint density at radius 2 is 1.86 bits per heavy atom. The van der Waals surface area contributed by atoms with Gasteiger partial charge >= 0.3 is 0 Å². The lowest BCUT2D eigenvalue weighted by atomic mass is 10.0. The zero-order chi connectivity index (χ0) is 21.1. The topological polar surface area (TPSA) is 102 Å². The molecule has 2 N–H and O–H groups in total. The number of carbonyl (C=O) groups is 1. The number of ether oxygens (including phenoxy) is 1. The van der Waals surface area contributed by atoms with Crippen molar-refractivity contribution in [3.05, 3.63) is 53.6 Å². The molecule has 3 aromatic rings. The SMILES string of the molecule is COc1ccnc(C(=O)N[C@@H](C)c2nc(-c3ccc(C(C)C)cc3)nn2C)c1O. The Morgan fingerprint density at radius 1 is 1.17 bits per heavy atom. The number of nitrogens with one attached hydrogen (secondary N) is 1. The van der Waals surface area contributed by atoms with E-state index in [1.54, 1.807) is 18.7 Å². The molecule has 0 aliphatic rings. The van der Waals surface area contributed by atoms with E-state index in [2.05, 4.69) is 46.4 Å². The third kappa shape index (κ3) is 4.21. The van der Waals surface area contributed by atoms with Crippen LogP contribution in [-0.4, -0.2) is 37.9 Å². The molecule has 1 aromatic carbocycles. The molecule has 0 saturated carbocycles. The van der Waals surface area contributed by atoms with Crippen LogP contribution in [0.25, 0.3) is 11.4 Å². The minimum atomic E-state index is -0.528. The molecule has 0 spiro atoms. The summed E-state index contributed by atoms with van der Waals surface area (Å²) in [5.74, 6) is 0.977. The first-order chi connectivity index (χ1) is 13.8. The Labute approximate surface area is 169 Å². The summed E-state index contributed by atoms with van der Waals surface area (Å²) in [4.78, 5) is 21.1. The second kappa shape index (κ2) is 8.30. The Kier molecular flexibility index (Phi) is 5.81. The molecule has 0 radical (unpaired) electrons. The Balaban J connectivity index is 1.80. The molecule has 8 heteroatoms. The van der Waals surface area contributed by atoms with E-state index in [4.69, 9.17) is 4.74 Å². The highest BCUT2D eigenvalue weighted by Crippen LogP contribution is 2.28. The van der Waals surface area contributed by atoms with Crippen LogP contribution in [0, 0.1) is 0 Å². The van der Waals surface area contributed by atoms with Gasteiger partial charge in [-0.05, 0) is 18.4 Å². The Morgan fingerprint density at radius 3 is 2.48 bits per heavy atom. The van der Waals surface area contributed by atoms with E-state index in [1.165, 1.54) is 24.9 Å². The summed E-state index contributed by atoms with van der Waals surface area (Å²) in [6.07, 6.45) is 1.40. The number of hydrogen-bond donors (Lipinski definition) is 2. The maximum Gasteiger partial charge on any atom is 0.274 e. The van der Waals surface area contributed by atoms with Crippen LogP contribution in [0.3, 0.4) is 0 Å². The number of methoxy groups -OCH3 is 1. The molecule has 29 heavy (non-hydrogen) atoms. The zero-order valence-electron chi connectivity index (χ0n) is 17.2. The number of benzene rings is 1. The van der Waals surface area contributed by atoms with Crippen LogP contribution in [0.2, 0.25) is 0 Å². The summed E-state index contributed by atoms with van der Waals surface area (Å²) >= 11 is 0. The normalized spacial score (nSPS) is 12.1. The first-order valence-electron chi connectivity index (χ1n) is 9.36. The molecule has 2 aromatic heterocycles. The molecule has 1 atom stereocenters. The number of carbonyl (C=O) groups excluding carboxylic acids is 1. The van der Waals surface area contributed by atoms with Crippen LogP contribution in [-0.2, 0) is 7.05 Å². The van der Waals surface area contributed by atoms with Gasteiger partial charge in [-0.3, -0.25) is 9.48 Å². The van der Waals surface area contributed by atoms with E-state index < -0.39 is 11.9 Å². The number of pyridine rings is 1. The minimum Gasteiger partial charge on any atom is -0.503 e. The lowest BCUT2D eigenvalue weighted by molar-refractivity contribution is 0.0929. The smallest absolute Gasteiger partial charge is 0.274 e. The maximum atomic E-state index is 12.6. The number of rotatable bonds is 6. The quantitative estimate of drug-likeness (QED) is 0.664. The van der Waals surface area contributed by atoms with Crippen LogP contribution >= 0.6 is 0 Å². The van der Waals surface area contributed by atoms with Gasteiger partial charge in [-0.15, -0.1) is 0 Å². The lowest BCUT2D eigenvalue weighted by Gasteiger charge is -2.13. The van der Waals surface area contributed by atoms with Crippen molar-refractivity contribution in [2.75, 3.05) is 7.11 Å². The molecule has 0 bridgehead atoms. The summed E-state index contributed by atoms with van der Waals surface area (Å²) in [6, 6.07) is 9.16. The first kappa shape index (κ1) is 20.3. The van der Waals surface area contributed by atoms with Crippen LogP contribution in [0.1, 0.15) is 54.6 Å². The number of aromatic nitrogens is 4. The van der Waals surface area contributed by atoms with Gasteiger partial charge < -0.3 is 15.2 Å². The molecular weight excluding hydrogens is 370 g/mol. The predicted molar refractivity (Wildman–Crippen MR) is 109 cm³/mol. The van der Waals surface area contributed by atoms with Crippen molar-refractivity contribution in [3.8, 4) is 22.9 Å². The first-order valence-corrected chi connectivity index (χ1v) is 9.36. The number of nitrogens with zero attached hydrogens (tertiary/aromatic N) is 4.